The third-order valence-corrected chi connectivity index (χ3v) is 5.68. The van der Waals surface area contributed by atoms with Crippen LogP contribution in [-0.4, -0.2) is 27.9 Å². The molecule has 0 saturated carbocycles. The third-order valence-electron chi connectivity index (χ3n) is 5.27. The van der Waals surface area contributed by atoms with Crippen molar-refractivity contribution in [3.63, 3.8) is 0 Å². The van der Waals surface area contributed by atoms with Gasteiger partial charge in [0.1, 0.15) is 17.5 Å². The van der Waals surface area contributed by atoms with E-state index >= 15 is 0 Å². The predicted molar refractivity (Wildman–Crippen MR) is 116 cm³/mol. The van der Waals surface area contributed by atoms with Crippen LogP contribution in [0.1, 0.15) is 25.8 Å². The van der Waals surface area contributed by atoms with Crippen molar-refractivity contribution in [1.29, 1.82) is 0 Å². The maximum Gasteiger partial charge on any atom is 0.149 e. The second-order valence-electron chi connectivity index (χ2n) is 7.94. The molecule has 30 heavy (non-hydrogen) atoms. The number of nitrogens with zero attached hydrogens (tertiary/aromatic N) is 4. The van der Waals surface area contributed by atoms with Gasteiger partial charge in [-0.3, -0.25) is 4.68 Å². The van der Waals surface area contributed by atoms with Crippen LogP contribution in [0.15, 0.2) is 36.8 Å². The number of aromatic nitrogens is 3. The maximum atomic E-state index is 14.3. The summed E-state index contributed by atoms with van der Waals surface area (Å²) in [5, 5.41) is 7.53. The summed E-state index contributed by atoms with van der Waals surface area (Å²) in [5.41, 5.74) is 2.86. The Morgan fingerprint density at radius 1 is 1.17 bits per heavy atom. The molecule has 0 atom stereocenters. The zero-order valence-electron chi connectivity index (χ0n) is 17.0. The minimum absolute atomic E-state index is 0.149. The molecule has 0 bridgehead atoms. The van der Waals surface area contributed by atoms with Crippen molar-refractivity contribution in [2.45, 2.75) is 33.4 Å². The minimum Gasteiger partial charge on any atom is -0.367 e. The zero-order valence-corrected chi connectivity index (χ0v) is 17.8. The monoisotopic (exact) mass is 431 g/mol. The van der Waals surface area contributed by atoms with E-state index in [9.17, 15) is 8.78 Å². The van der Waals surface area contributed by atoms with Gasteiger partial charge < -0.3 is 10.2 Å². The Kier molecular flexibility index (Phi) is 5.90. The summed E-state index contributed by atoms with van der Waals surface area (Å²) in [6, 6.07) is 4.16. The lowest BCUT2D eigenvalue weighted by Gasteiger charge is -2.32. The van der Waals surface area contributed by atoms with Crippen LogP contribution in [0, 0.1) is 17.6 Å². The molecule has 0 saturated heterocycles. The van der Waals surface area contributed by atoms with Gasteiger partial charge in [0.05, 0.1) is 16.9 Å². The number of benzene rings is 1. The molecule has 3 aromatic rings. The largest absolute Gasteiger partial charge is 0.367 e. The fourth-order valence-electron chi connectivity index (χ4n) is 3.51. The number of rotatable bonds is 6. The Morgan fingerprint density at radius 2 is 1.97 bits per heavy atom. The SMILES string of the molecule is CC(C)CCn1cc(-c2cnc3c(c2)N(Cc2c(F)ccc(F)c2Cl)CCN3)cn1. The highest BCUT2D eigenvalue weighted by Gasteiger charge is 2.22. The molecule has 5 nitrogen and oxygen atoms in total. The Labute approximate surface area is 179 Å². The molecule has 1 aliphatic rings. The first-order valence-corrected chi connectivity index (χ1v) is 10.4. The normalized spacial score (nSPS) is 13.5. The number of hydrogen-bond acceptors (Lipinski definition) is 4. The fourth-order valence-corrected chi connectivity index (χ4v) is 3.73. The van der Waals surface area contributed by atoms with Gasteiger partial charge in [-0.15, -0.1) is 0 Å². The molecule has 0 fully saturated rings. The van der Waals surface area contributed by atoms with Gasteiger partial charge in [0.25, 0.3) is 0 Å². The first kappa shape index (κ1) is 20.6. The Morgan fingerprint density at radius 3 is 2.77 bits per heavy atom. The molecule has 1 N–H and O–H groups in total. The van der Waals surface area contributed by atoms with Crippen molar-refractivity contribution in [3.05, 3.63) is 59.0 Å². The van der Waals surface area contributed by atoms with Gasteiger partial charge in [-0.05, 0) is 30.5 Å². The third kappa shape index (κ3) is 4.26. The molecule has 158 valence electrons. The molecule has 1 aliphatic heterocycles. The van der Waals surface area contributed by atoms with Crippen LogP contribution < -0.4 is 10.2 Å². The summed E-state index contributed by atoms with van der Waals surface area (Å²) in [5.74, 6) is 0.184. The molecule has 1 aromatic carbocycles. The van der Waals surface area contributed by atoms with Crippen LogP contribution in [0.4, 0.5) is 20.3 Å². The highest BCUT2D eigenvalue weighted by atomic mass is 35.5. The standard InChI is InChI=1S/C22H24ClF2N5/c1-14(2)5-7-30-12-16(11-28-30)15-9-20-22(27-10-15)26-6-8-29(20)13-17-18(24)3-4-19(25)21(17)23/h3-4,9-12,14H,5-8,13H2,1-2H3,(H,26,27). The Hall–Kier alpha value is -2.67. The lowest BCUT2D eigenvalue weighted by Crippen LogP contribution is -2.34. The van der Waals surface area contributed by atoms with Crippen LogP contribution in [0.25, 0.3) is 11.1 Å². The lowest BCUT2D eigenvalue weighted by molar-refractivity contribution is 0.487. The van der Waals surface area contributed by atoms with Crippen molar-refractivity contribution in [1.82, 2.24) is 14.8 Å². The van der Waals surface area contributed by atoms with Gasteiger partial charge in [-0.2, -0.15) is 5.10 Å². The molecule has 4 rings (SSSR count). The van der Waals surface area contributed by atoms with Gasteiger partial charge in [-0.25, -0.2) is 13.8 Å². The van der Waals surface area contributed by atoms with Crippen LogP contribution in [0.2, 0.25) is 5.02 Å². The van der Waals surface area contributed by atoms with Gasteiger partial charge in [0.2, 0.25) is 0 Å². The molecule has 0 amide bonds. The lowest BCUT2D eigenvalue weighted by atomic mass is 10.1. The van der Waals surface area contributed by atoms with E-state index in [4.69, 9.17) is 11.6 Å². The van der Waals surface area contributed by atoms with Crippen molar-refractivity contribution in [2.24, 2.45) is 5.92 Å². The number of pyridine rings is 1. The molecule has 2 aromatic heterocycles. The topological polar surface area (TPSA) is 46.0 Å². The Bertz CT molecular complexity index is 1050. The van der Waals surface area contributed by atoms with Crippen molar-refractivity contribution in [3.8, 4) is 11.1 Å². The summed E-state index contributed by atoms with van der Waals surface area (Å²) >= 11 is 6.04. The van der Waals surface area contributed by atoms with Crippen molar-refractivity contribution in [2.75, 3.05) is 23.3 Å². The fraction of sp³-hybridized carbons (Fsp3) is 0.364. The van der Waals surface area contributed by atoms with E-state index in [1.54, 1.807) is 6.20 Å². The highest BCUT2D eigenvalue weighted by molar-refractivity contribution is 6.31. The van der Waals surface area contributed by atoms with Crippen LogP contribution >= 0.6 is 11.6 Å². The van der Waals surface area contributed by atoms with Crippen LogP contribution in [0.3, 0.4) is 0 Å². The summed E-state index contributed by atoms with van der Waals surface area (Å²) in [4.78, 5) is 6.51. The molecule has 0 unspecified atom stereocenters. The average molecular weight is 432 g/mol. The highest BCUT2D eigenvalue weighted by Crippen LogP contribution is 2.34. The van der Waals surface area contributed by atoms with Gasteiger partial charge >= 0.3 is 0 Å². The van der Waals surface area contributed by atoms with Gasteiger partial charge in [-0.1, -0.05) is 25.4 Å². The number of aryl methyl sites for hydroxylation is 1. The van der Waals surface area contributed by atoms with E-state index < -0.39 is 11.6 Å². The minimum atomic E-state index is -0.621. The van der Waals surface area contributed by atoms with Crippen LogP contribution in [-0.2, 0) is 13.1 Å². The second-order valence-corrected chi connectivity index (χ2v) is 8.31. The first-order valence-electron chi connectivity index (χ1n) is 10.1. The maximum absolute atomic E-state index is 14.3. The molecule has 0 aliphatic carbocycles. The number of nitrogens with one attached hydrogen (secondary N) is 1. The van der Waals surface area contributed by atoms with Crippen molar-refractivity contribution >= 4 is 23.1 Å². The zero-order chi connectivity index (χ0) is 21.3. The summed E-state index contributed by atoms with van der Waals surface area (Å²) in [6.07, 6.45) is 6.69. The van der Waals surface area contributed by atoms with E-state index in [1.165, 1.54) is 0 Å². The number of anilines is 2. The molecule has 0 spiro atoms. The molecule has 3 heterocycles. The number of halogens is 3. The van der Waals surface area contributed by atoms with E-state index in [1.807, 2.05) is 28.0 Å². The summed E-state index contributed by atoms with van der Waals surface area (Å²) in [7, 11) is 0. The number of hydrogen-bond donors (Lipinski definition) is 1. The van der Waals surface area contributed by atoms with Gasteiger partial charge in [0, 0.05) is 55.3 Å². The van der Waals surface area contributed by atoms with Crippen LogP contribution in [0.5, 0.6) is 0 Å². The van der Waals surface area contributed by atoms with E-state index in [2.05, 4.69) is 29.2 Å². The van der Waals surface area contributed by atoms with E-state index in [0.717, 1.165) is 41.9 Å². The predicted octanol–water partition coefficient (Wildman–Crippen LogP) is 5.35. The number of fused-ring (bicyclic) bond motifs is 1. The van der Waals surface area contributed by atoms with E-state index in [-0.39, 0.29) is 17.1 Å². The summed E-state index contributed by atoms with van der Waals surface area (Å²) < 4.78 is 30.1. The molecular formula is C22H24ClF2N5. The van der Waals surface area contributed by atoms with Gasteiger partial charge in [0.15, 0.2) is 0 Å². The average Bonchev–Trinajstić information content (AvgIpc) is 3.21. The Balaban J connectivity index is 1.62. The van der Waals surface area contributed by atoms with Crippen molar-refractivity contribution < 1.29 is 8.78 Å². The quantitative estimate of drug-likeness (QED) is 0.534. The summed E-state index contributed by atoms with van der Waals surface area (Å²) in [6.45, 7) is 6.68. The second kappa shape index (κ2) is 8.60. The molecule has 8 heteroatoms. The smallest absolute Gasteiger partial charge is 0.149 e. The molecular weight excluding hydrogens is 408 g/mol. The molecule has 0 radical (unpaired) electrons. The van der Waals surface area contributed by atoms with E-state index in [0.29, 0.717) is 24.8 Å². The first-order chi connectivity index (χ1) is 14.4.